The number of carboxylic acids is 1. The number of nitrogens with one attached hydrogen (secondary N) is 1. The topological polar surface area (TPSA) is 58.6 Å². The Hall–Kier alpha value is -2.75. The lowest BCUT2D eigenvalue weighted by atomic mass is 9.76. The molecule has 24 heavy (non-hydrogen) atoms. The van der Waals surface area contributed by atoms with Crippen molar-refractivity contribution >= 4 is 11.7 Å². The second-order valence-corrected chi connectivity index (χ2v) is 6.32. The van der Waals surface area contributed by atoms with Gasteiger partial charge in [-0.05, 0) is 47.7 Å². The van der Waals surface area contributed by atoms with Crippen molar-refractivity contribution in [3.63, 3.8) is 0 Å². The molecule has 1 heterocycles. The van der Waals surface area contributed by atoms with Gasteiger partial charge in [-0.15, -0.1) is 0 Å². The molecule has 0 radical (unpaired) electrons. The molecule has 0 bridgehead atoms. The van der Waals surface area contributed by atoms with Crippen LogP contribution in [0.3, 0.4) is 0 Å². The average Bonchev–Trinajstić information content (AvgIpc) is 3.10. The maximum atomic E-state index is 11.6. The van der Waals surface area contributed by atoms with E-state index < -0.39 is 5.97 Å². The minimum Gasteiger partial charge on any atom is -0.497 e. The Morgan fingerprint density at radius 3 is 2.83 bits per heavy atom. The van der Waals surface area contributed by atoms with Crippen LogP contribution in [0, 0.1) is 5.92 Å². The molecule has 0 saturated heterocycles. The number of allylic oxidation sites excluding steroid dienone is 2. The summed E-state index contributed by atoms with van der Waals surface area (Å²) in [7, 11) is 1.67. The first-order valence-corrected chi connectivity index (χ1v) is 8.12. The summed E-state index contributed by atoms with van der Waals surface area (Å²) >= 11 is 0. The van der Waals surface area contributed by atoms with Gasteiger partial charge in [0, 0.05) is 11.6 Å². The lowest BCUT2D eigenvalue weighted by molar-refractivity contribution is 0.0694. The Morgan fingerprint density at radius 2 is 2.04 bits per heavy atom. The van der Waals surface area contributed by atoms with Gasteiger partial charge >= 0.3 is 5.97 Å². The zero-order chi connectivity index (χ0) is 16.7. The molecular weight excluding hydrogens is 302 g/mol. The molecule has 3 atom stereocenters. The number of carbonyl (C=O) groups is 1. The van der Waals surface area contributed by atoms with Crippen molar-refractivity contribution in [3.8, 4) is 5.75 Å². The largest absolute Gasteiger partial charge is 0.497 e. The Bertz CT molecular complexity index is 827. The molecule has 0 spiro atoms. The Balaban J connectivity index is 1.81. The Morgan fingerprint density at radius 1 is 1.21 bits per heavy atom. The van der Waals surface area contributed by atoms with Crippen molar-refractivity contribution in [2.24, 2.45) is 5.92 Å². The molecule has 4 nitrogen and oxygen atoms in total. The van der Waals surface area contributed by atoms with Crippen LogP contribution in [0.4, 0.5) is 5.69 Å². The summed E-state index contributed by atoms with van der Waals surface area (Å²) in [6.45, 7) is 0. The van der Waals surface area contributed by atoms with Crippen LogP contribution in [0.5, 0.6) is 5.75 Å². The predicted octanol–water partition coefficient (Wildman–Crippen LogP) is 4.22. The third-order valence-electron chi connectivity index (χ3n) is 5.10. The van der Waals surface area contributed by atoms with Gasteiger partial charge in [-0.1, -0.05) is 30.4 Å². The van der Waals surface area contributed by atoms with Crippen LogP contribution < -0.4 is 10.1 Å². The van der Waals surface area contributed by atoms with Crippen molar-refractivity contribution < 1.29 is 14.6 Å². The minimum absolute atomic E-state index is 0.0156. The molecule has 0 unspecified atom stereocenters. The van der Waals surface area contributed by atoms with Gasteiger partial charge in [-0.2, -0.15) is 0 Å². The third-order valence-corrected chi connectivity index (χ3v) is 5.10. The van der Waals surface area contributed by atoms with E-state index in [2.05, 4.69) is 23.5 Å². The Labute approximate surface area is 140 Å². The number of methoxy groups -OCH3 is 1. The first-order valence-electron chi connectivity index (χ1n) is 8.12. The number of hydrogen-bond acceptors (Lipinski definition) is 3. The quantitative estimate of drug-likeness (QED) is 0.831. The van der Waals surface area contributed by atoms with Gasteiger partial charge in [0.2, 0.25) is 0 Å². The monoisotopic (exact) mass is 321 g/mol. The highest BCUT2D eigenvalue weighted by Gasteiger charge is 2.39. The number of rotatable bonds is 3. The van der Waals surface area contributed by atoms with Gasteiger partial charge in [0.1, 0.15) is 5.75 Å². The lowest BCUT2D eigenvalue weighted by Crippen LogP contribution is -2.30. The number of aromatic carboxylic acids is 1. The van der Waals surface area contributed by atoms with E-state index >= 15 is 0 Å². The van der Waals surface area contributed by atoms with Crippen molar-refractivity contribution in [2.45, 2.75) is 18.4 Å². The maximum Gasteiger partial charge on any atom is 0.336 e. The minimum atomic E-state index is -0.879. The molecule has 2 aromatic carbocycles. The normalized spacial score (nSPS) is 24.0. The van der Waals surface area contributed by atoms with E-state index in [1.807, 2.05) is 24.3 Å². The highest BCUT2D eigenvalue weighted by Crippen LogP contribution is 2.50. The number of anilines is 1. The van der Waals surface area contributed by atoms with Crippen LogP contribution in [0.1, 0.15) is 39.9 Å². The first-order chi connectivity index (χ1) is 11.7. The molecule has 2 aromatic rings. The van der Waals surface area contributed by atoms with E-state index in [-0.39, 0.29) is 12.0 Å². The zero-order valence-corrected chi connectivity index (χ0v) is 13.4. The van der Waals surface area contributed by atoms with E-state index in [1.165, 1.54) is 5.56 Å². The van der Waals surface area contributed by atoms with E-state index in [0.717, 1.165) is 23.4 Å². The van der Waals surface area contributed by atoms with Crippen LogP contribution >= 0.6 is 0 Å². The molecule has 2 N–H and O–H groups in total. The summed E-state index contributed by atoms with van der Waals surface area (Å²) in [6.07, 6.45) is 5.37. The van der Waals surface area contributed by atoms with Crippen molar-refractivity contribution in [1.82, 2.24) is 0 Å². The predicted molar refractivity (Wildman–Crippen MR) is 92.7 cm³/mol. The number of fused-ring (bicyclic) bond motifs is 3. The van der Waals surface area contributed by atoms with Gasteiger partial charge in [0.15, 0.2) is 0 Å². The number of ether oxygens (including phenoxy) is 1. The SMILES string of the molecule is COc1ccc2c(c1)[C@@H]1C=CC[C@@H]1[C@@H](c1ccccc1C(=O)O)N2. The number of hydrogen-bond donors (Lipinski definition) is 2. The molecule has 0 fully saturated rings. The van der Waals surface area contributed by atoms with Crippen molar-refractivity contribution in [2.75, 3.05) is 12.4 Å². The van der Waals surface area contributed by atoms with Crippen molar-refractivity contribution in [1.29, 1.82) is 0 Å². The average molecular weight is 321 g/mol. The van der Waals surface area contributed by atoms with E-state index in [9.17, 15) is 9.90 Å². The summed E-state index contributed by atoms with van der Waals surface area (Å²) in [5, 5.41) is 13.1. The second-order valence-electron chi connectivity index (χ2n) is 6.32. The first kappa shape index (κ1) is 14.8. The molecule has 2 aliphatic rings. The smallest absolute Gasteiger partial charge is 0.336 e. The fraction of sp³-hybridized carbons (Fsp3) is 0.250. The number of benzene rings is 2. The van der Waals surface area contributed by atoms with E-state index in [0.29, 0.717) is 11.5 Å². The molecule has 0 aromatic heterocycles. The van der Waals surface area contributed by atoms with Crippen LogP contribution in [0.2, 0.25) is 0 Å². The fourth-order valence-corrected chi connectivity index (χ4v) is 3.97. The lowest BCUT2D eigenvalue weighted by Gasteiger charge is -2.38. The highest BCUT2D eigenvalue weighted by atomic mass is 16.5. The molecule has 1 aliphatic heterocycles. The summed E-state index contributed by atoms with van der Waals surface area (Å²) in [5.41, 5.74) is 3.49. The molecule has 0 saturated carbocycles. The van der Waals surface area contributed by atoms with Gasteiger partial charge < -0.3 is 15.2 Å². The van der Waals surface area contributed by atoms with Gasteiger partial charge in [-0.3, -0.25) is 0 Å². The van der Waals surface area contributed by atoms with Crippen LogP contribution in [-0.4, -0.2) is 18.2 Å². The summed E-state index contributed by atoms with van der Waals surface area (Å²) in [5.74, 6) is 0.558. The Kier molecular flexibility index (Phi) is 3.53. The fourth-order valence-electron chi connectivity index (χ4n) is 3.97. The standard InChI is InChI=1S/C20H19NO3/c1-24-12-9-10-18-17(11-12)13-7-4-8-14(13)19(21-18)15-5-2-3-6-16(15)20(22)23/h2-7,9-11,13-14,19,21H,8H2,1H3,(H,22,23)/t13-,14+,19+/m1/s1. The van der Waals surface area contributed by atoms with Crippen LogP contribution in [0.25, 0.3) is 0 Å². The zero-order valence-electron chi connectivity index (χ0n) is 13.4. The third kappa shape index (κ3) is 2.26. The van der Waals surface area contributed by atoms with Gasteiger partial charge in [0.05, 0.1) is 18.7 Å². The maximum absolute atomic E-state index is 11.6. The molecule has 1 aliphatic carbocycles. The molecule has 0 amide bonds. The second kappa shape index (κ2) is 5.71. The summed E-state index contributed by atoms with van der Waals surface area (Å²) < 4.78 is 5.36. The van der Waals surface area contributed by atoms with Gasteiger partial charge in [-0.25, -0.2) is 4.79 Å². The van der Waals surface area contributed by atoms with Crippen LogP contribution in [-0.2, 0) is 0 Å². The highest BCUT2D eigenvalue weighted by molar-refractivity contribution is 5.89. The van der Waals surface area contributed by atoms with E-state index in [1.54, 1.807) is 19.2 Å². The summed E-state index contributed by atoms with van der Waals surface area (Å²) in [4.78, 5) is 11.6. The van der Waals surface area contributed by atoms with E-state index in [4.69, 9.17) is 4.74 Å². The molecule has 122 valence electrons. The van der Waals surface area contributed by atoms with Crippen molar-refractivity contribution in [3.05, 3.63) is 71.3 Å². The molecule has 4 heteroatoms. The molecular formula is C20H19NO3. The molecule has 4 rings (SSSR count). The van der Waals surface area contributed by atoms with Gasteiger partial charge in [0.25, 0.3) is 0 Å². The number of carboxylic acid groups (broad SMARTS) is 1. The van der Waals surface area contributed by atoms with Crippen LogP contribution in [0.15, 0.2) is 54.6 Å². The summed E-state index contributed by atoms with van der Waals surface area (Å²) in [6, 6.07) is 13.3.